The van der Waals surface area contributed by atoms with Crippen molar-refractivity contribution < 1.29 is 18.0 Å². The summed E-state index contributed by atoms with van der Waals surface area (Å²) in [7, 11) is -3.77. The van der Waals surface area contributed by atoms with Crippen LogP contribution in [-0.4, -0.2) is 44.8 Å². The van der Waals surface area contributed by atoms with Gasteiger partial charge < -0.3 is 10.2 Å². The lowest BCUT2D eigenvalue weighted by Crippen LogP contribution is -2.45. The van der Waals surface area contributed by atoms with Gasteiger partial charge in [-0.25, -0.2) is 8.42 Å². The van der Waals surface area contributed by atoms with Gasteiger partial charge in [-0.1, -0.05) is 38.5 Å². The molecule has 2 aromatic rings. The van der Waals surface area contributed by atoms with E-state index in [1.165, 1.54) is 0 Å². The maximum atomic E-state index is 13.1. The molecular weight excluding hydrogens is 438 g/mol. The van der Waals surface area contributed by atoms with Crippen molar-refractivity contribution in [3.05, 3.63) is 59.7 Å². The summed E-state index contributed by atoms with van der Waals surface area (Å²) in [6, 6.07) is 13.3. The molecule has 0 aliphatic carbocycles. The summed E-state index contributed by atoms with van der Waals surface area (Å²) in [6.07, 6.45) is 4.28. The van der Waals surface area contributed by atoms with Crippen LogP contribution in [0, 0.1) is 5.92 Å². The van der Waals surface area contributed by atoms with Gasteiger partial charge in [0.2, 0.25) is 5.91 Å². The zero-order valence-corrected chi connectivity index (χ0v) is 20.2. The highest BCUT2D eigenvalue weighted by molar-refractivity contribution is 7.92. The number of piperidine rings is 1. The molecule has 7 nitrogen and oxygen atoms in total. The first-order valence-electron chi connectivity index (χ1n) is 11.6. The van der Waals surface area contributed by atoms with Crippen molar-refractivity contribution in [1.29, 1.82) is 0 Å². The molecule has 2 amide bonds. The molecule has 178 valence electrons. The molecule has 2 aromatic carbocycles. The Labute approximate surface area is 196 Å². The fourth-order valence-corrected chi connectivity index (χ4v) is 5.05. The lowest BCUT2D eigenvalue weighted by atomic mass is 9.96. The third-order valence-corrected chi connectivity index (χ3v) is 7.16. The van der Waals surface area contributed by atoms with Gasteiger partial charge >= 0.3 is 0 Å². The van der Waals surface area contributed by atoms with Gasteiger partial charge in [0.1, 0.15) is 0 Å². The van der Waals surface area contributed by atoms with Gasteiger partial charge in [0.25, 0.3) is 15.9 Å². The van der Waals surface area contributed by atoms with Crippen molar-refractivity contribution >= 4 is 27.5 Å². The molecule has 0 spiro atoms. The van der Waals surface area contributed by atoms with E-state index in [0.29, 0.717) is 30.9 Å². The molecule has 8 heteroatoms. The molecule has 0 bridgehead atoms. The normalized spacial score (nSPS) is 16.3. The lowest BCUT2D eigenvalue weighted by Gasteiger charge is -2.32. The Kier molecular flexibility index (Phi) is 8.49. The second-order valence-corrected chi connectivity index (χ2v) is 10.1. The number of benzene rings is 2. The van der Waals surface area contributed by atoms with E-state index in [2.05, 4.69) is 17.0 Å². The number of nitrogens with one attached hydrogen (secondary N) is 2. The molecule has 0 saturated carbocycles. The first-order chi connectivity index (χ1) is 15.8. The molecule has 1 aliphatic rings. The number of rotatable bonds is 9. The first kappa shape index (κ1) is 24.8. The van der Waals surface area contributed by atoms with Gasteiger partial charge in [0.15, 0.2) is 0 Å². The van der Waals surface area contributed by atoms with E-state index in [1.807, 2.05) is 19.1 Å². The van der Waals surface area contributed by atoms with Gasteiger partial charge in [-0.2, -0.15) is 0 Å². The van der Waals surface area contributed by atoms with E-state index in [1.54, 1.807) is 41.3 Å². The van der Waals surface area contributed by atoms with Crippen molar-refractivity contribution in [2.75, 3.05) is 24.4 Å². The van der Waals surface area contributed by atoms with Crippen molar-refractivity contribution in [3.8, 4) is 0 Å². The fraction of sp³-hybridized carbons (Fsp3) is 0.440. The summed E-state index contributed by atoms with van der Waals surface area (Å²) in [5.74, 6) is -0.430. The Hall–Kier alpha value is -2.87. The van der Waals surface area contributed by atoms with E-state index in [0.717, 1.165) is 37.7 Å². The Balaban J connectivity index is 1.69. The lowest BCUT2D eigenvalue weighted by molar-refractivity contribution is -0.126. The largest absolute Gasteiger partial charge is 0.356 e. The predicted molar refractivity (Wildman–Crippen MR) is 130 cm³/mol. The van der Waals surface area contributed by atoms with Crippen LogP contribution in [0.25, 0.3) is 0 Å². The highest BCUT2D eigenvalue weighted by atomic mass is 32.2. The molecule has 1 heterocycles. The molecule has 1 saturated heterocycles. The average Bonchev–Trinajstić information content (AvgIpc) is 2.82. The molecule has 1 unspecified atom stereocenters. The summed E-state index contributed by atoms with van der Waals surface area (Å²) < 4.78 is 28.2. The van der Waals surface area contributed by atoms with Gasteiger partial charge in [0, 0.05) is 30.9 Å². The van der Waals surface area contributed by atoms with Crippen LogP contribution in [0.4, 0.5) is 5.69 Å². The third-order valence-electron chi connectivity index (χ3n) is 5.76. The Morgan fingerprint density at radius 1 is 1.06 bits per heavy atom. The second kappa shape index (κ2) is 11.3. The Morgan fingerprint density at radius 3 is 2.52 bits per heavy atom. The summed E-state index contributed by atoms with van der Waals surface area (Å²) in [5, 5.41) is 2.91. The summed E-state index contributed by atoms with van der Waals surface area (Å²) in [4.78, 5) is 27.3. The minimum Gasteiger partial charge on any atom is -0.356 e. The molecule has 2 N–H and O–H groups in total. The van der Waals surface area contributed by atoms with Gasteiger partial charge in [-0.3, -0.25) is 14.3 Å². The Morgan fingerprint density at radius 2 is 1.82 bits per heavy atom. The number of sulfonamides is 1. The van der Waals surface area contributed by atoms with Crippen molar-refractivity contribution in [3.63, 3.8) is 0 Å². The molecule has 0 radical (unpaired) electrons. The predicted octanol–water partition coefficient (Wildman–Crippen LogP) is 3.82. The highest BCUT2D eigenvalue weighted by Gasteiger charge is 2.29. The van der Waals surface area contributed by atoms with Crippen LogP contribution in [0.2, 0.25) is 0 Å². The Bertz CT molecular complexity index is 1070. The van der Waals surface area contributed by atoms with Gasteiger partial charge in [0.05, 0.1) is 10.8 Å². The molecular formula is C25H33N3O4S. The van der Waals surface area contributed by atoms with Crippen LogP contribution >= 0.6 is 0 Å². The number of hydrogen-bond donors (Lipinski definition) is 2. The van der Waals surface area contributed by atoms with Gasteiger partial charge in [-0.15, -0.1) is 0 Å². The minimum absolute atomic E-state index is 0.0131. The summed E-state index contributed by atoms with van der Waals surface area (Å²) >= 11 is 0. The number of carbonyl (C=O) groups is 2. The van der Waals surface area contributed by atoms with Gasteiger partial charge in [-0.05, 0) is 61.6 Å². The zero-order valence-electron chi connectivity index (χ0n) is 19.3. The third kappa shape index (κ3) is 6.57. The zero-order chi connectivity index (χ0) is 23.8. The number of carbonyl (C=O) groups excluding carboxylic acids is 2. The van der Waals surface area contributed by atoms with E-state index in [9.17, 15) is 18.0 Å². The maximum Gasteiger partial charge on any atom is 0.261 e. The number of likely N-dealkylation sites (tertiary alicyclic amines) is 1. The topological polar surface area (TPSA) is 95.6 Å². The number of amides is 2. The molecule has 3 rings (SSSR count). The molecule has 1 aliphatic heterocycles. The minimum atomic E-state index is -3.77. The van der Waals surface area contributed by atoms with Crippen molar-refractivity contribution in [1.82, 2.24) is 10.2 Å². The van der Waals surface area contributed by atoms with Crippen molar-refractivity contribution in [2.45, 2.75) is 50.8 Å². The van der Waals surface area contributed by atoms with E-state index in [-0.39, 0.29) is 22.6 Å². The molecule has 1 fully saturated rings. The number of nitrogens with zero attached hydrogens (tertiary/aromatic N) is 1. The van der Waals surface area contributed by atoms with Crippen LogP contribution in [0.1, 0.15) is 55.5 Å². The highest BCUT2D eigenvalue weighted by Crippen LogP contribution is 2.22. The summed E-state index contributed by atoms with van der Waals surface area (Å²) in [6.45, 7) is 5.66. The average molecular weight is 472 g/mol. The van der Waals surface area contributed by atoms with Crippen LogP contribution in [0.5, 0.6) is 0 Å². The number of hydrogen-bond acceptors (Lipinski definition) is 4. The van der Waals surface area contributed by atoms with E-state index >= 15 is 0 Å². The van der Waals surface area contributed by atoms with Crippen LogP contribution in [0.3, 0.4) is 0 Å². The van der Waals surface area contributed by atoms with Crippen molar-refractivity contribution in [2.24, 2.45) is 5.92 Å². The number of anilines is 1. The molecule has 1 atom stereocenters. The monoisotopic (exact) mass is 471 g/mol. The standard InChI is InChI=1S/C25H33N3O4S/c1-3-7-19-11-13-23(14-12-19)33(31,32)27-22-10-5-8-20(17-22)25(30)28-16-6-9-21(18-28)24(29)26-15-4-2/h5,8,10-14,17,21,27H,3-4,6-7,9,15-16,18H2,1-2H3,(H,26,29). The van der Waals surface area contributed by atoms with E-state index in [4.69, 9.17) is 0 Å². The van der Waals surface area contributed by atoms with Crippen LogP contribution < -0.4 is 10.0 Å². The SMILES string of the molecule is CCCNC(=O)C1CCCN(C(=O)c2cccc(NS(=O)(=O)c3ccc(CCC)cc3)c2)C1. The molecule has 0 aromatic heterocycles. The molecule has 33 heavy (non-hydrogen) atoms. The first-order valence-corrected chi connectivity index (χ1v) is 13.1. The quantitative estimate of drug-likeness (QED) is 0.581. The van der Waals surface area contributed by atoms with Crippen LogP contribution in [-0.2, 0) is 21.2 Å². The maximum absolute atomic E-state index is 13.1. The van der Waals surface area contributed by atoms with E-state index < -0.39 is 10.0 Å². The second-order valence-electron chi connectivity index (χ2n) is 8.46. The number of aryl methyl sites for hydroxylation is 1. The summed E-state index contributed by atoms with van der Waals surface area (Å²) in [5.41, 5.74) is 1.81. The van der Waals surface area contributed by atoms with Crippen LogP contribution in [0.15, 0.2) is 53.4 Å². The smallest absolute Gasteiger partial charge is 0.261 e. The fourth-order valence-electron chi connectivity index (χ4n) is 4.00.